The molecule has 0 spiro atoms. The van der Waals surface area contributed by atoms with E-state index in [4.69, 9.17) is 0 Å². The smallest absolute Gasteiger partial charge is 0.232 e. The van der Waals surface area contributed by atoms with E-state index in [1.165, 1.54) is 30.2 Å². The van der Waals surface area contributed by atoms with Crippen LogP contribution in [-0.2, 0) is 14.6 Å². The Balaban J connectivity index is 1.81. The molecule has 0 unspecified atom stereocenters. The molecule has 0 atom stereocenters. The number of carbonyl (C=O) groups is 1. The zero-order valence-electron chi connectivity index (χ0n) is 11.8. The number of nitrogens with zero attached hydrogens (tertiary/aromatic N) is 1. The first-order valence-electron chi connectivity index (χ1n) is 6.71. The number of hydrogen-bond acceptors (Lipinski definition) is 4. The monoisotopic (exact) mass is 331 g/mol. The molecule has 1 aromatic carbocycles. The minimum Gasteiger partial charge on any atom is -0.342 e. The summed E-state index contributed by atoms with van der Waals surface area (Å²) in [6.45, 7) is 0.973. The number of likely N-dealkylation sites (tertiary alicyclic amines) is 1. The molecule has 1 aromatic rings. The molecule has 1 heterocycles. The van der Waals surface area contributed by atoms with E-state index in [2.05, 4.69) is 0 Å². The van der Waals surface area contributed by atoms with Crippen molar-refractivity contribution in [3.63, 3.8) is 0 Å². The molecule has 7 heteroatoms. The predicted molar refractivity (Wildman–Crippen MR) is 81.6 cm³/mol. The largest absolute Gasteiger partial charge is 0.342 e. The van der Waals surface area contributed by atoms with E-state index in [1.54, 1.807) is 17.0 Å². The first-order valence-corrected chi connectivity index (χ1v) is 9.65. The lowest BCUT2D eigenvalue weighted by atomic mass is 10.1. The molecule has 0 radical (unpaired) electrons. The Labute approximate surface area is 128 Å². The van der Waals surface area contributed by atoms with Gasteiger partial charge in [-0.15, -0.1) is 11.8 Å². The molecule has 1 saturated heterocycles. The van der Waals surface area contributed by atoms with Gasteiger partial charge in [-0.2, -0.15) is 0 Å². The van der Waals surface area contributed by atoms with Crippen molar-refractivity contribution in [2.45, 2.75) is 23.0 Å². The lowest BCUT2D eigenvalue weighted by Gasteiger charge is -2.31. The Morgan fingerprint density at radius 1 is 1.29 bits per heavy atom. The SMILES string of the molecule is CS(=O)(=O)C1CCN(C(=O)CSc2ccc(F)cc2)CC1. The van der Waals surface area contributed by atoms with Crippen molar-refractivity contribution in [3.05, 3.63) is 30.1 Å². The molecule has 1 fully saturated rings. The Bertz CT molecular complexity index is 593. The van der Waals surface area contributed by atoms with Crippen LogP contribution in [0.1, 0.15) is 12.8 Å². The molecule has 0 bridgehead atoms. The molecule has 0 N–H and O–H groups in total. The lowest BCUT2D eigenvalue weighted by molar-refractivity contribution is -0.129. The number of sulfone groups is 1. The number of carbonyl (C=O) groups excluding carboxylic acids is 1. The maximum absolute atomic E-state index is 12.8. The van der Waals surface area contributed by atoms with Crippen LogP contribution < -0.4 is 0 Å². The lowest BCUT2D eigenvalue weighted by Crippen LogP contribution is -2.43. The van der Waals surface area contributed by atoms with Gasteiger partial charge in [-0.3, -0.25) is 4.79 Å². The number of rotatable bonds is 4. The molecule has 1 aliphatic rings. The van der Waals surface area contributed by atoms with Crippen LogP contribution in [0.25, 0.3) is 0 Å². The van der Waals surface area contributed by atoms with Crippen LogP contribution in [-0.4, -0.2) is 49.6 Å². The number of thioether (sulfide) groups is 1. The van der Waals surface area contributed by atoms with Gasteiger partial charge in [0.15, 0.2) is 0 Å². The summed E-state index contributed by atoms with van der Waals surface area (Å²) >= 11 is 1.36. The van der Waals surface area contributed by atoms with Crippen molar-refractivity contribution >= 4 is 27.5 Å². The minimum absolute atomic E-state index is 0.00345. The van der Waals surface area contributed by atoms with Gasteiger partial charge in [-0.25, -0.2) is 12.8 Å². The summed E-state index contributed by atoms with van der Waals surface area (Å²) in [7, 11) is -3.01. The molecule has 4 nitrogen and oxygen atoms in total. The summed E-state index contributed by atoms with van der Waals surface area (Å²) in [6.07, 6.45) is 2.26. The Kier molecular flexibility index (Phi) is 5.27. The van der Waals surface area contributed by atoms with Crippen LogP contribution in [0.3, 0.4) is 0 Å². The summed E-state index contributed by atoms with van der Waals surface area (Å²) in [5.74, 6) is -0.0142. The highest BCUT2D eigenvalue weighted by molar-refractivity contribution is 8.00. The molecule has 1 aliphatic heterocycles. The number of hydrogen-bond donors (Lipinski definition) is 0. The van der Waals surface area contributed by atoms with Gasteiger partial charge in [-0.1, -0.05) is 0 Å². The predicted octanol–water partition coefficient (Wildman–Crippen LogP) is 1.95. The highest BCUT2D eigenvalue weighted by Gasteiger charge is 2.28. The summed E-state index contributed by atoms with van der Waals surface area (Å²) in [6, 6.07) is 6.02. The third-order valence-electron chi connectivity index (χ3n) is 3.58. The second kappa shape index (κ2) is 6.79. The maximum Gasteiger partial charge on any atom is 0.232 e. The number of halogens is 1. The van der Waals surface area contributed by atoms with E-state index in [-0.39, 0.29) is 22.7 Å². The van der Waals surface area contributed by atoms with Gasteiger partial charge in [0.1, 0.15) is 15.7 Å². The van der Waals surface area contributed by atoms with Crippen molar-refractivity contribution in [2.24, 2.45) is 0 Å². The fraction of sp³-hybridized carbons (Fsp3) is 0.500. The first kappa shape index (κ1) is 16.3. The quantitative estimate of drug-likeness (QED) is 0.792. The molecular formula is C14H18FNO3S2. The van der Waals surface area contributed by atoms with Gasteiger partial charge in [0.2, 0.25) is 5.91 Å². The van der Waals surface area contributed by atoms with Gasteiger partial charge >= 0.3 is 0 Å². The Hall–Kier alpha value is -1.08. The third-order valence-corrected chi connectivity index (χ3v) is 6.26. The van der Waals surface area contributed by atoms with Crippen LogP contribution in [0.4, 0.5) is 4.39 Å². The highest BCUT2D eigenvalue weighted by atomic mass is 32.2. The van der Waals surface area contributed by atoms with Crippen LogP contribution in [0.15, 0.2) is 29.2 Å². The standard InChI is InChI=1S/C14H18FNO3S2/c1-21(18,19)13-6-8-16(9-7-13)14(17)10-20-12-4-2-11(15)3-5-12/h2-5,13H,6-10H2,1H3. The van der Waals surface area contributed by atoms with E-state index in [0.717, 1.165) is 4.90 Å². The second-order valence-corrected chi connectivity index (χ2v) is 8.53. The third kappa shape index (κ3) is 4.71. The zero-order valence-corrected chi connectivity index (χ0v) is 13.4. The molecule has 21 heavy (non-hydrogen) atoms. The Morgan fingerprint density at radius 3 is 2.38 bits per heavy atom. The average molecular weight is 331 g/mol. The minimum atomic E-state index is -3.01. The number of benzene rings is 1. The fourth-order valence-corrected chi connectivity index (χ4v) is 4.17. The summed E-state index contributed by atoms with van der Waals surface area (Å²) < 4.78 is 35.7. The molecule has 0 aromatic heterocycles. The van der Waals surface area contributed by atoms with E-state index in [0.29, 0.717) is 25.9 Å². The molecule has 0 aliphatic carbocycles. The van der Waals surface area contributed by atoms with Crippen LogP contribution in [0.5, 0.6) is 0 Å². The number of piperidine rings is 1. The van der Waals surface area contributed by atoms with Crippen molar-refractivity contribution in [1.29, 1.82) is 0 Å². The van der Waals surface area contributed by atoms with Gasteiger partial charge in [0, 0.05) is 24.2 Å². The molecule has 116 valence electrons. The Morgan fingerprint density at radius 2 is 1.86 bits per heavy atom. The van der Waals surface area contributed by atoms with Crippen LogP contribution in [0, 0.1) is 5.82 Å². The topological polar surface area (TPSA) is 54.5 Å². The maximum atomic E-state index is 12.8. The summed E-state index contributed by atoms with van der Waals surface area (Å²) in [5, 5.41) is -0.327. The van der Waals surface area contributed by atoms with Crippen LogP contribution in [0.2, 0.25) is 0 Å². The summed E-state index contributed by atoms with van der Waals surface area (Å²) in [5.41, 5.74) is 0. The van der Waals surface area contributed by atoms with E-state index < -0.39 is 9.84 Å². The van der Waals surface area contributed by atoms with Gasteiger partial charge in [0.05, 0.1) is 11.0 Å². The van der Waals surface area contributed by atoms with Crippen LogP contribution >= 0.6 is 11.8 Å². The summed E-state index contributed by atoms with van der Waals surface area (Å²) in [4.78, 5) is 14.6. The van der Waals surface area contributed by atoms with Crippen molar-refractivity contribution < 1.29 is 17.6 Å². The molecular weight excluding hydrogens is 313 g/mol. The molecule has 0 saturated carbocycles. The number of amides is 1. The normalized spacial score (nSPS) is 17.0. The van der Waals surface area contributed by atoms with Gasteiger partial charge in [-0.05, 0) is 37.1 Å². The van der Waals surface area contributed by atoms with E-state index in [1.807, 2.05) is 0 Å². The van der Waals surface area contributed by atoms with E-state index >= 15 is 0 Å². The van der Waals surface area contributed by atoms with E-state index in [9.17, 15) is 17.6 Å². The van der Waals surface area contributed by atoms with Crippen molar-refractivity contribution in [3.8, 4) is 0 Å². The average Bonchev–Trinajstić information content (AvgIpc) is 2.45. The van der Waals surface area contributed by atoms with Crippen molar-refractivity contribution in [1.82, 2.24) is 4.90 Å². The van der Waals surface area contributed by atoms with Gasteiger partial charge in [0.25, 0.3) is 0 Å². The van der Waals surface area contributed by atoms with Gasteiger partial charge < -0.3 is 4.90 Å². The zero-order chi connectivity index (χ0) is 15.5. The highest BCUT2D eigenvalue weighted by Crippen LogP contribution is 2.21. The fourth-order valence-electron chi connectivity index (χ4n) is 2.30. The van der Waals surface area contributed by atoms with Crippen molar-refractivity contribution in [2.75, 3.05) is 25.1 Å². The second-order valence-electron chi connectivity index (χ2n) is 5.15. The molecule has 2 rings (SSSR count). The first-order chi connectivity index (χ1) is 9.86. The molecule has 1 amide bonds.